The first kappa shape index (κ1) is 18.7. The minimum atomic E-state index is -0.619. The van der Waals surface area contributed by atoms with E-state index in [4.69, 9.17) is 9.47 Å². The molecule has 8 heteroatoms. The largest absolute Gasteiger partial charge is 0.493 e. The molecule has 0 saturated carbocycles. The van der Waals surface area contributed by atoms with Crippen LogP contribution < -0.4 is 9.47 Å². The average Bonchev–Trinajstić information content (AvgIpc) is 2.65. The molecule has 0 spiro atoms. The van der Waals surface area contributed by atoms with Gasteiger partial charge in [0.1, 0.15) is 5.82 Å². The molecule has 0 N–H and O–H groups in total. The fourth-order valence-electron chi connectivity index (χ4n) is 2.83. The Balaban J connectivity index is 1.64. The minimum absolute atomic E-state index is 0.225. The number of nitrogens with zero attached hydrogens (tertiary/aromatic N) is 2. The zero-order chi connectivity index (χ0) is 19.4. The van der Waals surface area contributed by atoms with Crippen LogP contribution >= 0.6 is 0 Å². The number of amides is 1. The molecule has 1 aliphatic rings. The molecule has 0 unspecified atom stereocenters. The molecule has 140 valence electrons. The molecule has 1 fully saturated rings. The van der Waals surface area contributed by atoms with E-state index >= 15 is 0 Å². The van der Waals surface area contributed by atoms with Gasteiger partial charge in [0.05, 0.1) is 18.6 Å². The van der Waals surface area contributed by atoms with E-state index in [0.29, 0.717) is 25.4 Å². The average molecular weight is 372 g/mol. The first-order chi connectivity index (χ1) is 13.0. The summed E-state index contributed by atoms with van der Waals surface area (Å²) in [5, 5.41) is 2.44. The SMILES string of the molecule is COc1cc(CN2CC(C(=O)N=O)C2)ccc1OC(=O)c1ccc(F)cc1. The van der Waals surface area contributed by atoms with E-state index in [2.05, 4.69) is 5.18 Å². The van der Waals surface area contributed by atoms with E-state index in [1.54, 1.807) is 18.2 Å². The number of likely N-dealkylation sites (tertiary alicyclic amines) is 1. The maximum absolute atomic E-state index is 13.0. The lowest BCUT2D eigenvalue weighted by atomic mass is 9.98. The monoisotopic (exact) mass is 372 g/mol. The van der Waals surface area contributed by atoms with Crippen LogP contribution in [0, 0.1) is 16.6 Å². The van der Waals surface area contributed by atoms with Crippen molar-refractivity contribution in [2.75, 3.05) is 20.2 Å². The highest BCUT2D eigenvalue weighted by Gasteiger charge is 2.33. The highest BCUT2D eigenvalue weighted by atomic mass is 19.1. The second kappa shape index (κ2) is 8.05. The molecule has 0 aromatic heterocycles. The second-order valence-corrected chi connectivity index (χ2v) is 6.20. The summed E-state index contributed by atoms with van der Waals surface area (Å²) in [5.74, 6) is -1.38. The van der Waals surface area contributed by atoms with Crippen LogP contribution in [-0.2, 0) is 11.3 Å². The van der Waals surface area contributed by atoms with Gasteiger partial charge in [0.15, 0.2) is 11.5 Å². The van der Waals surface area contributed by atoms with Crippen LogP contribution in [-0.4, -0.2) is 37.0 Å². The normalized spacial score (nSPS) is 14.3. The Morgan fingerprint density at radius 2 is 1.85 bits per heavy atom. The van der Waals surface area contributed by atoms with Gasteiger partial charge in [-0.1, -0.05) is 6.07 Å². The summed E-state index contributed by atoms with van der Waals surface area (Å²) in [4.78, 5) is 35.6. The number of benzene rings is 2. The number of ether oxygens (including phenoxy) is 2. The molecule has 1 saturated heterocycles. The number of methoxy groups -OCH3 is 1. The van der Waals surface area contributed by atoms with Crippen molar-refractivity contribution in [1.82, 2.24) is 4.90 Å². The first-order valence-corrected chi connectivity index (χ1v) is 8.24. The maximum atomic E-state index is 13.0. The van der Waals surface area contributed by atoms with Crippen molar-refractivity contribution in [3.8, 4) is 11.5 Å². The van der Waals surface area contributed by atoms with Crippen LogP contribution in [0.1, 0.15) is 15.9 Å². The zero-order valence-corrected chi connectivity index (χ0v) is 14.6. The zero-order valence-electron chi connectivity index (χ0n) is 14.6. The molecule has 2 aromatic carbocycles. The predicted molar refractivity (Wildman–Crippen MR) is 93.9 cm³/mol. The topological polar surface area (TPSA) is 85.3 Å². The molecule has 1 amide bonds. The molecule has 1 heterocycles. The Morgan fingerprint density at radius 1 is 1.15 bits per heavy atom. The molecular formula is C19H17FN2O5. The molecule has 27 heavy (non-hydrogen) atoms. The third kappa shape index (κ3) is 4.35. The standard InChI is InChI=1S/C19H17FN2O5/c1-26-17-8-12(9-22-10-14(11-22)18(23)21-25)2-7-16(17)27-19(24)13-3-5-15(20)6-4-13/h2-8,14H,9-11H2,1H3. The van der Waals surface area contributed by atoms with Crippen molar-refractivity contribution in [3.05, 3.63) is 64.3 Å². The van der Waals surface area contributed by atoms with Crippen LogP contribution in [0.5, 0.6) is 11.5 Å². The predicted octanol–water partition coefficient (Wildman–Crippen LogP) is 2.78. The van der Waals surface area contributed by atoms with E-state index in [9.17, 15) is 18.9 Å². The molecule has 0 atom stereocenters. The number of hydrogen-bond acceptors (Lipinski definition) is 6. The first-order valence-electron chi connectivity index (χ1n) is 8.24. The smallest absolute Gasteiger partial charge is 0.343 e. The molecule has 3 rings (SSSR count). The summed E-state index contributed by atoms with van der Waals surface area (Å²) in [7, 11) is 1.46. The highest BCUT2D eigenvalue weighted by molar-refractivity contribution is 5.91. The third-order valence-corrected chi connectivity index (χ3v) is 4.31. The fourth-order valence-corrected chi connectivity index (χ4v) is 2.83. The molecule has 0 radical (unpaired) electrons. The van der Waals surface area contributed by atoms with Gasteiger partial charge < -0.3 is 9.47 Å². The van der Waals surface area contributed by atoms with Crippen LogP contribution in [0.2, 0.25) is 0 Å². The van der Waals surface area contributed by atoms with Gasteiger partial charge in [-0.25, -0.2) is 9.18 Å². The third-order valence-electron chi connectivity index (χ3n) is 4.31. The molecule has 7 nitrogen and oxygen atoms in total. The van der Waals surface area contributed by atoms with Crippen LogP contribution in [0.25, 0.3) is 0 Å². The molecular weight excluding hydrogens is 355 g/mol. The van der Waals surface area contributed by atoms with Crippen molar-refractivity contribution >= 4 is 11.9 Å². The molecule has 2 aromatic rings. The van der Waals surface area contributed by atoms with E-state index < -0.39 is 17.7 Å². The van der Waals surface area contributed by atoms with Crippen molar-refractivity contribution in [3.63, 3.8) is 0 Å². The number of carbonyl (C=O) groups is 2. The highest BCUT2D eigenvalue weighted by Crippen LogP contribution is 2.30. The molecule has 1 aliphatic heterocycles. The van der Waals surface area contributed by atoms with Crippen molar-refractivity contribution in [2.24, 2.45) is 11.1 Å². The Bertz CT molecular complexity index is 863. The lowest BCUT2D eigenvalue weighted by molar-refractivity contribution is -0.127. The van der Waals surface area contributed by atoms with E-state index in [0.717, 1.165) is 5.56 Å². The summed E-state index contributed by atoms with van der Waals surface area (Å²) < 4.78 is 23.6. The minimum Gasteiger partial charge on any atom is -0.493 e. The van der Waals surface area contributed by atoms with Gasteiger partial charge in [-0.3, -0.25) is 9.69 Å². The van der Waals surface area contributed by atoms with E-state index in [1.807, 2.05) is 4.90 Å². The summed E-state index contributed by atoms with van der Waals surface area (Å²) in [5.41, 5.74) is 1.13. The van der Waals surface area contributed by atoms with E-state index in [1.165, 1.54) is 31.4 Å². The lowest BCUT2D eigenvalue weighted by Crippen LogP contribution is -2.49. The second-order valence-electron chi connectivity index (χ2n) is 6.20. The Labute approximate surface area is 154 Å². The quantitative estimate of drug-likeness (QED) is 0.440. The van der Waals surface area contributed by atoms with Crippen LogP contribution in [0.4, 0.5) is 4.39 Å². The fraction of sp³-hybridized carbons (Fsp3) is 0.263. The lowest BCUT2D eigenvalue weighted by Gasteiger charge is -2.36. The van der Waals surface area contributed by atoms with Crippen molar-refractivity contribution in [2.45, 2.75) is 6.54 Å². The Kier molecular flexibility index (Phi) is 5.56. The van der Waals surface area contributed by atoms with Crippen molar-refractivity contribution in [1.29, 1.82) is 0 Å². The summed E-state index contributed by atoms with van der Waals surface area (Å²) in [6.07, 6.45) is 0. The number of carbonyl (C=O) groups excluding carboxylic acids is 2. The summed E-state index contributed by atoms with van der Waals surface area (Å²) >= 11 is 0. The van der Waals surface area contributed by atoms with Gasteiger partial charge in [-0.2, -0.15) is 0 Å². The van der Waals surface area contributed by atoms with Gasteiger partial charge in [0, 0.05) is 24.8 Å². The maximum Gasteiger partial charge on any atom is 0.343 e. The van der Waals surface area contributed by atoms with Gasteiger partial charge >= 0.3 is 5.97 Å². The van der Waals surface area contributed by atoms with E-state index in [-0.39, 0.29) is 17.2 Å². The Hall–Kier alpha value is -3.13. The molecule has 0 aliphatic carbocycles. The number of esters is 1. The van der Waals surface area contributed by atoms with Gasteiger partial charge in [-0.15, -0.1) is 4.91 Å². The van der Waals surface area contributed by atoms with Crippen LogP contribution in [0.3, 0.4) is 0 Å². The summed E-state index contributed by atoms with van der Waals surface area (Å²) in [6.45, 7) is 1.52. The molecule has 0 bridgehead atoms. The summed E-state index contributed by atoms with van der Waals surface area (Å²) in [6, 6.07) is 10.2. The Morgan fingerprint density at radius 3 is 2.48 bits per heavy atom. The van der Waals surface area contributed by atoms with Crippen LogP contribution in [0.15, 0.2) is 47.6 Å². The number of halogens is 1. The van der Waals surface area contributed by atoms with Crippen molar-refractivity contribution < 1.29 is 23.5 Å². The number of hydrogen-bond donors (Lipinski definition) is 0. The number of rotatable bonds is 6. The van der Waals surface area contributed by atoms with Gasteiger partial charge in [-0.05, 0) is 42.0 Å². The van der Waals surface area contributed by atoms with Gasteiger partial charge in [0.2, 0.25) is 0 Å². The van der Waals surface area contributed by atoms with Gasteiger partial charge in [0.25, 0.3) is 5.91 Å². The number of nitroso groups, excluding NO2 is 1.